The van der Waals surface area contributed by atoms with Gasteiger partial charge in [0.05, 0.1) is 6.61 Å². The van der Waals surface area contributed by atoms with E-state index in [0.29, 0.717) is 18.1 Å². The highest BCUT2D eigenvalue weighted by atomic mass is 32.1. The zero-order valence-corrected chi connectivity index (χ0v) is 20.2. The molecule has 10 heteroatoms. The van der Waals surface area contributed by atoms with Crippen LogP contribution in [0.3, 0.4) is 0 Å². The Balaban J connectivity index is 1.39. The van der Waals surface area contributed by atoms with Crippen LogP contribution in [0.4, 0.5) is 5.69 Å². The smallest absolute Gasteiger partial charge is 0.257 e. The van der Waals surface area contributed by atoms with E-state index in [1.807, 2.05) is 31.2 Å². The first-order valence-corrected chi connectivity index (χ1v) is 11.8. The van der Waals surface area contributed by atoms with Gasteiger partial charge in [0.1, 0.15) is 10.8 Å². The minimum atomic E-state index is -0.292. The SMILES string of the molecule is CCc1nnc2sc(-c3cccc(NC(=S)NC(=O)c4ccc(OCC(C)C)cc4)c3)nn12. The fourth-order valence-corrected chi connectivity index (χ4v) is 4.09. The van der Waals surface area contributed by atoms with Gasteiger partial charge in [-0.2, -0.15) is 9.61 Å². The van der Waals surface area contributed by atoms with Gasteiger partial charge in [-0.25, -0.2) is 0 Å². The number of nitrogens with one attached hydrogen (secondary N) is 2. The molecule has 2 heterocycles. The zero-order chi connectivity index (χ0) is 23.4. The Morgan fingerprint density at radius 2 is 1.97 bits per heavy atom. The van der Waals surface area contributed by atoms with Gasteiger partial charge in [-0.1, -0.05) is 44.2 Å². The van der Waals surface area contributed by atoms with Crippen molar-refractivity contribution in [3.05, 3.63) is 59.9 Å². The van der Waals surface area contributed by atoms with Crippen LogP contribution in [-0.4, -0.2) is 37.4 Å². The summed E-state index contributed by atoms with van der Waals surface area (Å²) in [5.41, 5.74) is 2.16. The second-order valence-electron chi connectivity index (χ2n) is 7.79. The van der Waals surface area contributed by atoms with Crippen LogP contribution in [0.5, 0.6) is 5.75 Å². The highest BCUT2D eigenvalue weighted by molar-refractivity contribution is 7.80. The Kier molecular flexibility index (Phi) is 6.95. The third kappa shape index (κ3) is 5.52. The molecule has 33 heavy (non-hydrogen) atoms. The highest BCUT2D eigenvalue weighted by Crippen LogP contribution is 2.27. The number of aromatic nitrogens is 4. The predicted octanol–water partition coefficient (Wildman–Crippen LogP) is 4.58. The number of anilines is 1. The van der Waals surface area contributed by atoms with Crippen LogP contribution in [-0.2, 0) is 6.42 Å². The molecule has 1 amide bonds. The van der Waals surface area contributed by atoms with E-state index in [2.05, 4.69) is 39.8 Å². The van der Waals surface area contributed by atoms with Gasteiger partial charge in [0.15, 0.2) is 10.9 Å². The first-order valence-electron chi connectivity index (χ1n) is 10.6. The van der Waals surface area contributed by atoms with Crippen molar-refractivity contribution in [3.63, 3.8) is 0 Å². The molecule has 0 saturated carbocycles. The maximum Gasteiger partial charge on any atom is 0.257 e. The third-order valence-electron chi connectivity index (χ3n) is 4.67. The lowest BCUT2D eigenvalue weighted by Crippen LogP contribution is -2.34. The van der Waals surface area contributed by atoms with E-state index in [-0.39, 0.29) is 11.0 Å². The van der Waals surface area contributed by atoms with Crippen molar-refractivity contribution >= 4 is 45.2 Å². The molecule has 0 spiro atoms. The second-order valence-corrected chi connectivity index (χ2v) is 9.15. The minimum absolute atomic E-state index is 0.212. The van der Waals surface area contributed by atoms with E-state index >= 15 is 0 Å². The molecule has 0 aliphatic rings. The topological polar surface area (TPSA) is 93.4 Å². The summed E-state index contributed by atoms with van der Waals surface area (Å²) in [6.45, 7) is 6.81. The molecule has 8 nitrogen and oxygen atoms in total. The first kappa shape index (κ1) is 22.8. The van der Waals surface area contributed by atoms with Gasteiger partial charge < -0.3 is 10.1 Å². The lowest BCUT2D eigenvalue weighted by atomic mass is 10.2. The number of fused-ring (bicyclic) bond motifs is 1. The van der Waals surface area contributed by atoms with E-state index in [1.54, 1.807) is 28.8 Å². The van der Waals surface area contributed by atoms with Crippen LogP contribution in [0.2, 0.25) is 0 Å². The maximum atomic E-state index is 12.5. The van der Waals surface area contributed by atoms with Crippen molar-refractivity contribution in [3.8, 4) is 16.3 Å². The third-order valence-corrected chi connectivity index (χ3v) is 5.82. The van der Waals surface area contributed by atoms with E-state index in [0.717, 1.165) is 39.2 Å². The van der Waals surface area contributed by atoms with Gasteiger partial charge in [0.2, 0.25) is 4.96 Å². The van der Waals surface area contributed by atoms with Crippen LogP contribution in [0, 0.1) is 5.92 Å². The van der Waals surface area contributed by atoms with Crippen molar-refractivity contribution in [2.75, 3.05) is 11.9 Å². The summed E-state index contributed by atoms with van der Waals surface area (Å²) in [5, 5.41) is 19.7. The number of carbonyl (C=O) groups is 1. The minimum Gasteiger partial charge on any atom is -0.493 e. The molecule has 0 aliphatic carbocycles. The number of amides is 1. The molecule has 2 N–H and O–H groups in total. The lowest BCUT2D eigenvalue weighted by Gasteiger charge is -2.11. The van der Waals surface area contributed by atoms with Gasteiger partial charge in [-0.15, -0.1) is 10.2 Å². The van der Waals surface area contributed by atoms with Gasteiger partial charge in [-0.3, -0.25) is 10.1 Å². The Bertz CT molecular complexity index is 1280. The summed E-state index contributed by atoms with van der Waals surface area (Å²) in [6.07, 6.45) is 0.758. The zero-order valence-electron chi connectivity index (χ0n) is 18.5. The van der Waals surface area contributed by atoms with Crippen molar-refractivity contribution in [1.82, 2.24) is 25.1 Å². The van der Waals surface area contributed by atoms with Gasteiger partial charge in [0, 0.05) is 23.2 Å². The largest absolute Gasteiger partial charge is 0.493 e. The van der Waals surface area contributed by atoms with Crippen LogP contribution in [0.1, 0.15) is 37.0 Å². The Morgan fingerprint density at radius 3 is 2.70 bits per heavy atom. The summed E-state index contributed by atoms with van der Waals surface area (Å²) in [5.74, 6) is 1.70. The number of thiocarbonyl (C=S) groups is 1. The van der Waals surface area contributed by atoms with Crippen molar-refractivity contribution in [2.45, 2.75) is 27.2 Å². The molecule has 2 aromatic heterocycles. The molecular formula is C23H24N6O2S2. The van der Waals surface area contributed by atoms with E-state index in [1.165, 1.54) is 11.3 Å². The molecular weight excluding hydrogens is 456 g/mol. The number of rotatable bonds is 7. The van der Waals surface area contributed by atoms with Gasteiger partial charge in [-0.05, 0) is 54.5 Å². The van der Waals surface area contributed by atoms with Crippen LogP contribution >= 0.6 is 23.6 Å². The number of carbonyl (C=O) groups excluding carboxylic acids is 1. The molecule has 0 aliphatic heterocycles. The monoisotopic (exact) mass is 480 g/mol. The maximum absolute atomic E-state index is 12.5. The number of hydrogen-bond donors (Lipinski definition) is 2. The van der Waals surface area contributed by atoms with E-state index < -0.39 is 0 Å². The number of ether oxygens (including phenoxy) is 1. The number of benzene rings is 2. The van der Waals surface area contributed by atoms with Crippen LogP contribution in [0.25, 0.3) is 15.5 Å². The van der Waals surface area contributed by atoms with Gasteiger partial charge >= 0.3 is 0 Å². The van der Waals surface area contributed by atoms with E-state index in [4.69, 9.17) is 17.0 Å². The number of aryl methyl sites for hydroxylation is 1. The molecule has 0 fully saturated rings. The summed E-state index contributed by atoms with van der Waals surface area (Å²) >= 11 is 6.80. The summed E-state index contributed by atoms with van der Waals surface area (Å²) in [4.78, 5) is 13.3. The molecule has 0 saturated heterocycles. The fourth-order valence-electron chi connectivity index (χ4n) is 3.03. The molecule has 0 radical (unpaired) electrons. The average molecular weight is 481 g/mol. The molecule has 170 valence electrons. The lowest BCUT2D eigenvalue weighted by molar-refractivity contribution is 0.0977. The predicted molar refractivity (Wildman–Crippen MR) is 134 cm³/mol. The molecule has 0 atom stereocenters. The van der Waals surface area contributed by atoms with Crippen molar-refractivity contribution in [2.24, 2.45) is 5.92 Å². The number of hydrogen-bond acceptors (Lipinski definition) is 7. The second kappa shape index (κ2) is 10.1. The summed E-state index contributed by atoms with van der Waals surface area (Å²) in [6, 6.07) is 14.7. The van der Waals surface area contributed by atoms with E-state index in [9.17, 15) is 4.79 Å². The molecule has 4 aromatic rings. The summed E-state index contributed by atoms with van der Waals surface area (Å²) < 4.78 is 7.42. The molecule has 0 bridgehead atoms. The highest BCUT2D eigenvalue weighted by Gasteiger charge is 2.13. The quantitative estimate of drug-likeness (QED) is 0.374. The summed E-state index contributed by atoms with van der Waals surface area (Å²) in [7, 11) is 0. The van der Waals surface area contributed by atoms with Crippen LogP contribution < -0.4 is 15.4 Å². The average Bonchev–Trinajstić information content (AvgIpc) is 3.39. The van der Waals surface area contributed by atoms with Crippen molar-refractivity contribution < 1.29 is 9.53 Å². The Morgan fingerprint density at radius 1 is 1.18 bits per heavy atom. The first-order chi connectivity index (χ1) is 15.9. The normalized spacial score (nSPS) is 11.0. The van der Waals surface area contributed by atoms with Crippen molar-refractivity contribution in [1.29, 1.82) is 0 Å². The Labute approximate surface area is 201 Å². The number of nitrogens with zero attached hydrogens (tertiary/aromatic N) is 4. The van der Waals surface area contributed by atoms with Gasteiger partial charge in [0.25, 0.3) is 5.91 Å². The molecule has 2 aromatic carbocycles. The Hall–Kier alpha value is -3.37. The molecule has 4 rings (SSSR count). The van der Waals surface area contributed by atoms with Crippen LogP contribution in [0.15, 0.2) is 48.5 Å². The fraction of sp³-hybridized carbons (Fsp3) is 0.261. The standard InChI is InChI=1S/C23H24N6O2S2/c1-4-19-26-27-23-29(19)28-21(33-23)16-6-5-7-17(12-16)24-22(32)25-20(30)15-8-10-18(11-9-15)31-13-14(2)3/h5-12,14H,4,13H2,1-3H3,(H2,24,25,30,32). The molecule has 0 unspecified atom stereocenters.